The van der Waals surface area contributed by atoms with Crippen LogP contribution in [0.1, 0.15) is 40.4 Å². The maximum atomic E-state index is 12.6. The number of nitrogens with zero attached hydrogens (tertiary/aromatic N) is 2. The summed E-state index contributed by atoms with van der Waals surface area (Å²) >= 11 is 1.94. The van der Waals surface area contributed by atoms with E-state index in [0.29, 0.717) is 5.82 Å². The highest BCUT2D eigenvalue weighted by Crippen LogP contribution is 2.26. The maximum absolute atomic E-state index is 12.6. The number of aromatic nitrogens is 1. The molecule has 5 nitrogen and oxygen atoms in total. The lowest BCUT2D eigenvalue weighted by molar-refractivity contribution is -0.126. The quantitative estimate of drug-likeness (QED) is 0.930. The van der Waals surface area contributed by atoms with Gasteiger partial charge in [-0.05, 0) is 13.8 Å². The second kappa shape index (κ2) is 6.01. The number of rotatable bonds is 3. The predicted molar refractivity (Wildman–Crippen MR) is 86.8 cm³/mol. The van der Waals surface area contributed by atoms with Gasteiger partial charge in [0.25, 0.3) is 0 Å². The highest BCUT2D eigenvalue weighted by atomic mass is 32.2. The number of carbonyl (C=O) groups is 1. The van der Waals surface area contributed by atoms with Crippen LogP contribution >= 0.6 is 11.8 Å². The van der Waals surface area contributed by atoms with Gasteiger partial charge in [0, 0.05) is 36.1 Å². The molecular weight excluding hydrogens is 286 g/mol. The van der Waals surface area contributed by atoms with E-state index < -0.39 is 5.54 Å². The minimum absolute atomic E-state index is 0.0387. The summed E-state index contributed by atoms with van der Waals surface area (Å²) in [6.07, 6.45) is 0. The van der Waals surface area contributed by atoms with Gasteiger partial charge in [0.15, 0.2) is 5.82 Å². The number of carbonyl (C=O) groups excluding carboxylic acids is 1. The minimum atomic E-state index is -0.540. The first-order valence-electron chi connectivity index (χ1n) is 7.33. The van der Waals surface area contributed by atoms with Crippen LogP contribution < -0.4 is 5.32 Å². The fourth-order valence-corrected chi connectivity index (χ4v) is 3.13. The molecule has 118 valence electrons. The average Bonchev–Trinajstić information content (AvgIpc) is 2.88. The zero-order chi connectivity index (χ0) is 15.7. The van der Waals surface area contributed by atoms with E-state index in [1.54, 1.807) is 6.07 Å². The summed E-state index contributed by atoms with van der Waals surface area (Å²) in [6, 6.07) is 1.81. The second-order valence-electron chi connectivity index (χ2n) is 6.94. The smallest absolute Gasteiger partial charge is 0.245 e. The van der Waals surface area contributed by atoms with E-state index in [1.165, 1.54) is 0 Å². The Morgan fingerprint density at radius 2 is 1.90 bits per heavy atom. The molecule has 21 heavy (non-hydrogen) atoms. The first-order chi connectivity index (χ1) is 9.71. The van der Waals surface area contributed by atoms with Gasteiger partial charge < -0.3 is 9.84 Å². The minimum Gasteiger partial charge on any atom is -0.359 e. The van der Waals surface area contributed by atoms with Gasteiger partial charge in [0.1, 0.15) is 5.76 Å². The maximum Gasteiger partial charge on any atom is 0.245 e. The van der Waals surface area contributed by atoms with Crippen molar-refractivity contribution >= 4 is 23.5 Å². The standard InChI is InChI=1S/C15H25N3O2S/c1-14(2,3)11-10-12(17-20-11)16-13(19)15(4,5)18-6-8-21-9-7-18/h10H,6-9H2,1-5H3,(H,16,17,19). The number of hydrogen-bond donors (Lipinski definition) is 1. The number of amides is 1. The van der Waals surface area contributed by atoms with Gasteiger partial charge in [-0.3, -0.25) is 9.69 Å². The Bertz CT molecular complexity index is 499. The normalized spacial score (nSPS) is 17.8. The molecule has 1 aromatic heterocycles. The Kier molecular flexibility index (Phi) is 4.68. The summed E-state index contributed by atoms with van der Waals surface area (Å²) in [6.45, 7) is 12.0. The van der Waals surface area contributed by atoms with Crippen molar-refractivity contribution in [3.05, 3.63) is 11.8 Å². The monoisotopic (exact) mass is 311 g/mol. The van der Waals surface area contributed by atoms with Crippen molar-refractivity contribution in [3.8, 4) is 0 Å². The molecule has 1 aliphatic rings. The van der Waals surface area contributed by atoms with Crippen molar-refractivity contribution in [1.29, 1.82) is 0 Å². The molecule has 2 heterocycles. The summed E-state index contributed by atoms with van der Waals surface area (Å²) in [4.78, 5) is 14.8. The lowest BCUT2D eigenvalue weighted by atomic mass is 9.93. The Hall–Kier alpha value is -1.01. The molecule has 1 amide bonds. The lowest BCUT2D eigenvalue weighted by Gasteiger charge is -2.39. The van der Waals surface area contributed by atoms with E-state index >= 15 is 0 Å². The molecule has 0 radical (unpaired) electrons. The molecule has 0 aliphatic carbocycles. The molecule has 1 saturated heterocycles. The van der Waals surface area contributed by atoms with Crippen LogP contribution in [0.3, 0.4) is 0 Å². The topological polar surface area (TPSA) is 58.4 Å². The largest absolute Gasteiger partial charge is 0.359 e. The molecule has 1 aromatic rings. The number of anilines is 1. The van der Waals surface area contributed by atoms with E-state index in [0.717, 1.165) is 30.4 Å². The fraction of sp³-hybridized carbons (Fsp3) is 0.733. The van der Waals surface area contributed by atoms with Gasteiger partial charge in [0.05, 0.1) is 5.54 Å². The zero-order valence-electron chi connectivity index (χ0n) is 13.5. The van der Waals surface area contributed by atoms with Gasteiger partial charge in [0.2, 0.25) is 5.91 Å². The van der Waals surface area contributed by atoms with Crippen molar-refractivity contribution in [2.24, 2.45) is 0 Å². The Balaban J connectivity index is 2.04. The Morgan fingerprint density at radius 1 is 1.29 bits per heavy atom. The van der Waals surface area contributed by atoms with E-state index in [9.17, 15) is 4.79 Å². The molecule has 2 rings (SSSR count). The number of nitrogens with one attached hydrogen (secondary N) is 1. The third kappa shape index (κ3) is 3.80. The van der Waals surface area contributed by atoms with Crippen LogP contribution in [0.2, 0.25) is 0 Å². The summed E-state index contributed by atoms with van der Waals surface area (Å²) < 4.78 is 5.31. The van der Waals surface area contributed by atoms with Gasteiger partial charge in [-0.2, -0.15) is 11.8 Å². The molecule has 0 atom stereocenters. The van der Waals surface area contributed by atoms with Crippen LogP contribution in [0.15, 0.2) is 10.6 Å². The van der Waals surface area contributed by atoms with Crippen LogP contribution in [0.5, 0.6) is 0 Å². The van der Waals surface area contributed by atoms with Gasteiger partial charge >= 0.3 is 0 Å². The van der Waals surface area contributed by atoms with Crippen molar-refractivity contribution in [2.45, 2.75) is 45.6 Å². The van der Waals surface area contributed by atoms with Crippen LogP contribution in [-0.4, -0.2) is 46.1 Å². The molecule has 1 fully saturated rings. The Labute approximate surface area is 130 Å². The van der Waals surface area contributed by atoms with Crippen molar-refractivity contribution in [1.82, 2.24) is 10.1 Å². The molecule has 6 heteroatoms. The fourth-order valence-electron chi connectivity index (χ4n) is 2.22. The second-order valence-corrected chi connectivity index (χ2v) is 8.16. The van der Waals surface area contributed by atoms with E-state index in [4.69, 9.17) is 4.52 Å². The number of thioether (sulfide) groups is 1. The first kappa shape index (κ1) is 16.4. The average molecular weight is 311 g/mol. The van der Waals surface area contributed by atoms with Gasteiger partial charge in [-0.1, -0.05) is 25.9 Å². The van der Waals surface area contributed by atoms with Crippen LogP contribution in [-0.2, 0) is 10.2 Å². The highest BCUT2D eigenvalue weighted by Gasteiger charge is 2.36. The third-order valence-corrected chi connectivity index (χ3v) is 4.79. The molecule has 0 aromatic carbocycles. The summed E-state index contributed by atoms with van der Waals surface area (Å²) in [7, 11) is 0. The highest BCUT2D eigenvalue weighted by molar-refractivity contribution is 7.99. The van der Waals surface area contributed by atoms with E-state index in [2.05, 4.69) is 36.1 Å². The number of hydrogen-bond acceptors (Lipinski definition) is 5. The molecule has 1 aliphatic heterocycles. The van der Waals surface area contributed by atoms with Gasteiger partial charge in [-0.25, -0.2) is 0 Å². The summed E-state index contributed by atoms with van der Waals surface area (Å²) in [5.74, 6) is 3.38. The lowest BCUT2D eigenvalue weighted by Crippen LogP contribution is -2.55. The Morgan fingerprint density at radius 3 is 2.43 bits per heavy atom. The van der Waals surface area contributed by atoms with E-state index in [-0.39, 0.29) is 11.3 Å². The molecule has 0 bridgehead atoms. The SMILES string of the molecule is CC(C)(C)c1cc(NC(=O)C(C)(C)N2CCSCC2)no1. The first-order valence-corrected chi connectivity index (χ1v) is 8.48. The van der Waals surface area contributed by atoms with Crippen molar-refractivity contribution in [2.75, 3.05) is 29.9 Å². The van der Waals surface area contributed by atoms with Crippen molar-refractivity contribution in [3.63, 3.8) is 0 Å². The molecule has 0 unspecified atom stereocenters. The molecule has 0 saturated carbocycles. The van der Waals surface area contributed by atoms with Crippen LogP contribution in [0.25, 0.3) is 0 Å². The van der Waals surface area contributed by atoms with Crippen molar-refractivity contribution < 1.29 is 9.32 Å². The predicted octanol–water partition coefficient (Wildman–Crippen LogP) is 2.74. The zero-order valence-corrected chi connectivity index (χ0v) is 14.3. The molecule has 1 N–H and O–H groups in total. The van der Waals surface area contributed by atoms with E-state index in [1.807, 2.05) is 25.6 Å². The van der Waals surface area contributed by atoms with Crippen LogP contribution in [0, 0.1) is 0 Å². The van der Waals surface area contributed by atoms with Gasteiger partial charge in [-0.15, -0.1) is 0 Å². The van der Waals surface area contributed by atoms with Crippen LogP contribution in [0.4, 0.5) is 5.82 Å². The molecular formula is C15H25N3O2S. The molecule has 0 spiro atoms. The summed E-state index contributed by atoms with van der Waals surface area (Å²) in [5, 5.41) is 6.83. The third-order valence-electron chi connectivity index (χ3n) is 3.85. The summed E-state index contributed by atoms with van der Waals surface area (Å²) in [5.41, 5.74) is -0.655.